The van der Waals surface area contributed by atoms with Crippen LogP contribution < -0.4 is 10.4 Å². The van der Waals surface area contributed by atoms with Crippen molar-refractivity contribution in [2.75, 3.05) is 0 Å². The summed E-state index contributed by atoms with van der Waals surface area (Å²) in [5.41, 5.74) is 11.5. The zero-order valence-corrected chi connectivity index (χ0v) is 33.2. The first kappa shape index (κ1) is 32.1. The normalized spacial score (nSPS) is 12.7. The first-order valence-corrected chi connectivity index (χ1v) is 25.7. The minimum absolute atomic E-state index is 0.915. The van der Waals surface area contributed by atoms with Gasteiger partial charge in [0.15, 0.2) is 0 Å². The van der Waals surface area contributed by atoms with E-state index in [-0.39, 0.29) is 0 Å². The van der Waals surface area contributed by atoms with Gasteiger partial charge in [-0.15, -0.1) is 0 Å². The molecule has 0 saturated heterocycles. The number of nitrogens with zero attached hydrogens (tertiary/aromatic N) is 2. The van der Waals surface area contributed by atoms with Crippen LogP contribution in [0.25, 0.3) is 88.1 Å². The molecule has 0 aliphatic heterocycles. The molecule has 0 saturated carbocycles. The van der Waals surface area contributed by atoms with Crippen LogP contribution in [0.5, 0.6) is 0 Å². The second-order valence-electron chi connectivity index (χ2n) is 16.7. The highest BCUT2D eigenvalue weighted by Gasteiger charge is 2.22. The molecule has 0 spiro atoms. The standard InChI is InChI=1S/C48H42N2OSi2/c1-52(2,3)35-19-23-44-40(29-35)37-21-16-32(27-46(37)50(44)34-18-25-48-42(28-34)38-14-10-11-15-47(38)51-48)31-17-22-43-39(26-31)41-30-36(53(4,5)6)20-24-45(41)49(43)33-12-8-7-9-13-33/h7-30H,1-6H3. The monoisotopic (exact) mass is 718 g/mol. The van der Waals surface area contributed by atoms with Crippen molar-refractivity contribution in [3.63, 3.8) is 0 Å². The van der Waals surface area contributed by atoms with Crippen molar-refractivity contribution in [2.24, 2.45) is 0 Å². The summed E-state index contributed by atoms with van der Waals surface area (Å²) in [5.74, 6) is 0. The number of rotatable bonds is 5. The van der Waals surface area contributed by atoms with Gasteiger partial charge in [-0.25, -0.2) is 0 Å². The first-order chi connectivity index (χ1) is 25.5. The largest absolute Gasteiger partial charge is 0.456 e. The summed E-state index contributed by atoms with van der Waals surface area (Å²) in [4.78, 5) is 0. The lowest BCUT2D eigenvalue weighted by atomic mass is 10.0. The van der Waals surface area contributed by atoms with Crippen LogP contribution in [0, 0.1) is 0 Å². The summed E-state index contributed by atoms with van der Waals surface area (Å²) >= 11 is 0. The molecule has 0 radical (unpaired) electrons. The van der Waals surface area contributed by atoms with Crippen molar-refractivity contribution in [1.29, 1.82) is 0 Å². The lowest BCUT2D eigenvalue weighted by Gasteiger charge is -2.17. The van der Waals surface area contributed by atoms with Crippen LogP contribution in [0.15, 0.2) is 150 Å². The Hall–Kier alpha value is -5.63. The second kappa shape index (κ2) is 11.4. The van der Waals surface area contributed by atoms with Gasteiger partial charge in [0.05, 0.1) is 38.2 Å². The molecule has 0 bridgehead atoms. The van der Waals surface area contributed by atoms with E-state index in [9.17, 15) is 0 Å². The van der Waals surface area contributed by atoms with Gasteiger partial charge in [0, 0.05) is 43.7 Å². The molecule has 5 heteroatoms. The summed E-state index contributed by atoms with van der Waals surface area (Å²) in [6.07, 6.45) is 0. The maximum absolute atomic E-state index is 6.25. The Labute approximate surface area is 311 Å². The van der Waals surface area contributed by atoms with Gasteiger partial charge >= 0.3 is 0 Å². The summed E-state index contributed by atoms with van der Waals surface area (Å²) in [6, 6.07) is 54.3. The maximum atomic E-state index is 6.25. The third-order valence-corrected chi connectivity index (χ3v) is 15.3. The van der Waals surface area contributed by atoms with Crippen molar-refractivity contribution >= 4 is 92.1 Å². The lowest BCUT2D eigenvalue weighted by molar-refractivity contribution is 0.669. The maximum Gasteiger partial charge on any atom is 0.135 e. The molecule has 0 unspecified atom stereocenters. The fraction of sp³-hybridized carbons (Fsp3) is 0.125. The van der Waals surface area contributed by atoms with Gasteiger partial charge in [0.2, 0.25) is 0 Å². The predicted molar refractivity (Wildman–Crippen MR) is 234 cm³/mol. The van der Waals surface area contributed by atoms with Crippen LogP contribution >= 0.6 is 0 Å². The first-order valence-electron chi connectivity index (χ1n) is 18.7. The van der Waals surface area contributed by atoms with Crippen LogP contribution in [-0.4, -0.2) is 25.3 Å². The number of benzene rings is 7. The molecule has 0 aliphatic carbocycles. The highest BCUT2D eigenvalue weighted by Crippen LogP contribution is 2.39. The fourth-order valence-electron chi connectivity index (χ4n) is 8.32. The Bertz CT molecular complexity index is 3080. The third kappa shape index (κ3) is 5.06. The van der Waals surface area contributed by atoms with E-state index in [4.69, 9.17) is 4.42 Å². The van der Waals surface area contributed by atoms with Gasteiger partial charge in [0.25, 0.3) is 0 Å². The SMILES string of the molecule is C[Si](C)(C)c1ccc2c(c1)c1cc(-c3ccc4c5cc([Si](C)(C)C)ccc5n(-c5ccc6oc7ccccc7c6c5)c4c3)ccc1n2-c1ccccc1. The fourth-order valence-corrected chi connectivity index (χ4v) is 10.6. The van der Waals surface area contributed by atoms with E-state index in [1.165, 1.54) is 70.8 Å². The Kier molecular flexibility index (Phi) is 6.92. The van der Waals surface area contributed by atoms with Crippen LogP contribution in [0.4, 0.5) is 0 Å². The molecular formula is C48H42N2OSi2. The molecule has 0 atom stereocenters. The van der Waals surface area contributed by atoms with Crippen molar-refractivity contribution in [3.8, 4) is 22.5 Å². The Morgan fingerprint density at radius 1 is 0.358 bits per heavy atom. The Morgan fingerprint density at radius 3 is 1.60 bits per heavy atom. The molecule has 53 heavy (non-hydrogen) atoms. The van der Waals surface area contributed by atoms with Gasteiger partial charge in [-0.1, -0.05) is 129 Å². The molecule has 10 aromatic rings. The van der Waals surface area contributed by atoms with E-state index in [1.54, 1.807) is 0 Å². The smallest absolute Gasteiger partial charge is 0.135 e. The molecular weight excluding hydrogens is 677 g/mol. The molecule has 0 N–H and O–H groups in total. The number of aromatic nitrogens is 2. The molecule has 7 aromatic carbocycles. The minimum atomic E-state index is -1.54. The zero-order chi connectivity index (χ0) is 36.2. The average molecular weight is 719 g/mol. The van der Waals surface area contributed by atoms with E-state index < -0.39 is 16.1 Å². The van der Waals surface area contributed by atoms with Gasteiger partial charge in [-0.3, -0.25) is 0 Å². The van der Waals surface area contributed by atoms with Crippen molar-refractivity contribution < 1.29 is 4.42 Å². The third-order valence-electron chi connectivity index (χ3n) is 11.2. The number of furan rings is 1. The highest BCUT2D eigenvalue weighted by molar-refractivity contribution is 6.89. The average Bonchev–Trinajstić information content (AvgIpc) is 3.80. The number of hydrogen-bond donors (Lipinski definition) is 0. The van der Waals surface area contributed by atoms with E-state index in [0.29, 0.717) is 0 Å². The molecule has 0 fully saturated rings. The summed E-state index contributed by atoms with van der Waals surface area (Å²) in [6.45, 7) is 14.6. The van der Waals surface area contributed by atoms with Crippen LogP contribution in [-0.2, 0) is 0 Å². The zero-order valence-electron chi connectivity index (χ0n) is 31.2. The van der Waals surface area contributed by atoms with E-state index in [1.807, 2.05) is 6.07 Å². The topological polar surface area (TPSA) is 23.0 Å². The molecule has 3 heterocycles. The van der Waals surface area contributed by atoms with Crippen LogP contribution in [0.3, 0.4) is 0 Å². The lowest BCUT2D eigenvalue weighted by Crippen LogP contribution is -2.37. The molecule has 10 rings (SSSR count). The molecule has 0 aliphatic rings. The van der Waals surface area contributed by atoms with E-state index in [0.717, 1.165) is 27.6 Å². The van der Waals surface area contributed by atoms with Crippen LogP contribution in [0.2, 0.25) is 39.3 Å². The quantitative estimate of drug-likeness (QED) is 0.163. The molecule has 3 nitrogen and oxygen atoms in total. The highest BCUT2D eigenvalue weighted by atomic mass is 28.3. The summed E-state index contributed by atoms with van der Waals surface area (Å²) < 4.78 is 11.1. The van der Waals surface area contributed by atoms with E-state index >= 15 is 0 Å². The molecule has 0 amide bonds. The number of fused-ring (bicyclic) bond motifs is 9. The van der Waals surface area contributed by atoms with E-state index in [2.05, 4.69) is 188 Å². The van der Waals surface area contributed by atoms with Crippen LogP contribution in [0.1, 0.15) is 0 Å². The van der Waals surface area contributed by atoms with Crippen molar-refractivity contribution in [2.45, 2.75) is 39.3 Å². The van der Waals surface area contributed by atoms with Gasteiger partial charge in [-0.05, 0) is 77.9 Å². The Morgan fingerprint density at radius 2 is 0.906 bits per heavy atom. The van der Waals surface area contributed by atoms with Gasteiger partial charge in [-0.2, -0.15) is 0 Å². The van der Waals surface area contributed by atoms with Gasteiger partial charge < -0.3 is 13.6 Å². The Balaban J connectivity index is 1.22. The molecule has 3 aromatic heterocycles. The number of hydrogen-bond acceptors (Lipinski definition) is 1. The van der Waals surface area contributed by atoms with Gasteiger partial charge in [0.1, 0.15) is 11.2 Å². The van der Waals surface area contributed by atoms with Crippen molar-refractivity contribution in [3.05, 3.63) is 146 Å². The summed E-state index contributed by atoms with van der Waals surface area (Å²) in [7, 11) is -3.07. The predicted octanol–water partition coefficient (Wildman–Crippen LogP) is 12.5. The summed E-state index contributed by atoms with van der Waals surface area (Å²) in [5, 5.41) is 10.4. The second-order valence-corrected chi connectivity index (χ2v) is 26.9. The minimum Gasteiger partial charge on any atom is -0.456 e. The van der Waals surface area contributed by atoms with Crippen molar-refractivity contribution in [1.82, 2.24) is 9.13 Å². The molecule has 258 valence electrons. The number of para-hydroxylation sites is 2.